The van der Waals surface area contributed by atoms with Crippen LogP contribution in [0, 0.1) is 0 Å². The molecule has 5 heteroatoms. The molecule has 1 aliphatic heterocycles. The van der Waals surface area contributed by atoms with Gasteiger partial charge in [0.05, 0.1) is 11.6 Å². The van der Waals surface area contributed by atoms with Crippen molar-refractivity contribution in [3.05, 3.63) is 34.7 Å². The van der Waals surface area contributed by atoms with E-state index in [4.69, 9.17) is 0 Å². The van der Waals surface area contributed by atoms with Crippen LogP contribution in [0.3, 0.4) is 0 Å². The molecule has 0 amide bonds. The van der Waals surface area contributed by atoms with Crippen LogP contribution < -0.4 is 10.5 Å². The van der Waals surface area contributed by atoms with Gasteiger partial charge in [-0.3, -0.25) is 4.79 Å². The normalized spacial score (nSPS) is 17.1. The molecular formula is C15H20N4O. The van der Waals surface area contributed by atoms with Crippen LogP contribution in [-0.2, 0) is 0 Å². The van der Waals surface area contributed by atoms with Gasteiger partial charge >= 0.3 is 0 Å². The van der Waals surface area contributed by atoms with Crippen molar-refractivity contribution in [2.45, 2.75) is 18.9 Å². The molecule has 1 N–H and O–H groups in total. The van der Waals surface area contributed by atoms with E-state index in [0.29, 0.717) is 11.4 Å². The number of H-pyrrole nitrogens is 1. The van der Waals surface area contributed by atoms with Gasteiger partial charge in [0.25, 0.3) is 5.56 Å². The summed E-state index contributed by atoms with van der Waals surface area (Å²) in [6.07, 6.45) is 4.07. The minimum absolute atomic E-state index is 0.125. The Labute approximate surface area is 118 Å². The van der Waals surface area contributed by atoms with Gasteiger partial charge in [0.15, 0.2) is 0 Å². The number of fused-ring (bicyclic) bond motifs is 1. The molecule has 1 saturated heterocycles. The average Bonchev–Trinajstić information content (AvgIpc) is 2.47. The fraction of sp³-hybridized carbons (Fsp3) is 0.467. The maximum absolute atomic E-state index is 11.6. The minimum Gasteiger partial charge on any atom is -0.371 e. The topological polar surface area (TPSA) is 52.2 Å². The lowest BCUT2D eigenvalue weighted by molar-refractivity contribution is 0.249. The molecule has 20 heavy (non-hydrogen) atoms. The number of hydrogen-bond donors (Lipinski definition) is 1. The van der Waals surface area contributed by atoms with E-state index in [1.54, 1.807) is 6.20 Å². The van der Waals surface area contributed by atoms with Gasteiger partial charge in [-0.25, -0.2) is 5.10 Å². The number of nitrogens with one attached hydrogen (secondary N) is 1. The van der Waals surface area contributed by atoms with Gasteiger partial charge in [-0.1, -0.05) is 0 Å². The number of anilines is 1. The third-order valence-electron chi connectivity index (χ3n) is 4.21. The summed E-state index contributed by atoms with van der Waals surface area (Å²) < 4.78 is 0. The zero-order valence-corrected chi connectivity index (χ0v) is 12.0. The Bertz CT molecular complexity index is 656. The van der Waals surface area contributed by atoms with E-state index in [2.05, 4.69) is 40.2 Å². The van der Waals surface area contributed by atoms with Crippen LogP contribution in [0.1, 0.15) is 12.8 Å². The lowest BCUT2D eigenvalue weighted by atomic mass is 10.0. The first kappa shape index (κ1) is 13.1. The number of aromatic amines is 1. The van der Waals surface area contributed by atoms with Gasteiger partial charge in [-0.15, -0.1) is 0 Å². The first-order chi connectivity index (χ1) is 9.65. The molecule has 3 rings (SSSR count). The van der Waals surface area contributed by atoms with E-state index in [-0.39, 0.29) is 5.56 Å². The molecule has 1 aromatic carbocycles. The van der Waals surface area contributed by atoms with Crippen molar-refractivity contribution in [2.75, 3.05) is 32.1 Å². The Morgan fingerprint density at radius 1 is 1.30 bits per heavy atom. The molecule has 0 unspecified atom stereocenters. The Hall–Kier alpha value is -1.88. The maximum atomic E-state index is 11.6. The van der Waals surface area contributed by atoms with E-state index < -0.39 is 0 Å². The predicted octanol–water partition coefficient (Wildman–Crippen LogP) is 1.45. The highest BCUT2D eigenvalue weighted by Gasteiger charge is 2.20. The van der Waals surface area contributed by atoms with Crippen molar-refractivity contribution in [1.29, 1.82) is 0 Å². The molecule has 2 heterocycles. The summed E-state index contributed by atoms with van der Waals surface area (Å²) in [5, 5.41) is 7.94. The monoisotopic (exact) mass is 272 g/mol. The zero-order chi connectivity index (χ0) is 14.1. The fourth-order valence-electron chi connectivity index (χ4n) is 2.92. The third-order valence-corrected chi connectivity index (χ3v) is 4.21. The second-order valence-corrected chi connectivity index (χ2v) is 5.65. The van der Waals surface area contributed by atoms with Crippen LogP contribution in [0.4, 0.5) is 5.69 Å². The van der Waals surface area contributed by atoms with Gasteiger partial charge < -0.3 is 9.80 Å². The summed E-state index contributed by atoms with van der Waals surface area (Å²) in [6, 6.07) is 6.67. The largest absolute Gasteiger partial charge is 0.371 e. The molecule has 5 nitrogen and oxygen atoms in total. The molecule has 0 saturated carbocycles. The van der Waals surface area contributed by atoms with E-state index in [0.717, 1.165) is 18.5 Å². The molecule has 0 bridgehead atoms. The summed E-state index contributed by atoms with van der Waals surface area (Å²) >= 11 is 0. The first-order valence-corrected chi connectivity index (χ1v) is 7.04. The lowest BCUT2D eigenvalue weighted by Gasteiger charge is -2.36. The van der Waals surface area contributed by atoms with Crippen LogP contribution in [0.2, 0.25) is 0 Å². The molecule has 106 valence electrons. The zero-order valence-electron chi connectivity index (χ0n) is 12.0. The van der Waals surface area contributed by atoms with Crippen molar-refractivity contribution < 1.29 is 0 Å². The van der Waals surface area contributed by atoms with Gasteiger partial charge in [-0.2, -0.15) is 5.10 Å². The molecule has 0 radical (unpaired) electrons. The van der Waals surface area contributed by atoms with Crippen molar-refractivity contribution in [2.24, 2.45) is 0 Å². The van der Waals surface area contributed by atoms with Crippen molar-refractivity contribution in [3.63, 3.8) is 0 Å². The molecule has 1 fully saturated rings. The summed E-state index contributed by atoms with van der Waals surface area (Å²) in [7, 11) is 4.29. The number of rotatable bonds is 2. The molecule has 0 aliphatic carbocycles. The number of piperidine rings is 1. The van der Waals surface area contributed by atoms with Crippen molar-refractivity contribution in [1.82, 2.24) is 15.1 Å². The van der Waals surface area contributed by atoms with Crippen molar-refractivity contribution in [3.8, 4) is 0 Å². The summed E-state index contributed by atoms with van der Waals surface area (Å²) in [5.41, 5.74) is 1.06. The second-order valence-electron chi connectivity index (χ2n) is 5.65. The summed E-state index contributed by atoms with van der Waals surface area (Å²) in [5.74, 6) is 0. The van der Waals surface area contributed by atoms with Gasteiger partial charge in [0, 0.05) is 30.2 Å². The van der Waals surface area contributed by atoms with Crippen LogP contribution in [0.5, 0.6) is 0 Å². The highest BCUT2D eigenvalue weighted by Crippen LogP contribution is 2.24. The standard InChI is InChI=1S/C15H20N4O/c1-18(2)12-5-7-19(8-6-12)13-3-4-14-11(9-13)10-16-17-15(14)20/h3-4,9-10,12H,5-8H2,1-2H3,(H,17,20). The van der Waals surface area contributed by atoms with Gasteiger partial charge in [0.2, 0.25) is 0 Å². The van der Waals surface area contributed by atoms with Crippen LogP contribution in [0.15, 0.2) is 29.2 Å². The van der Waals surface area contributed by atoms with Crippen LogP contribution in [-0.4, -0.2) is 48.3 Å². The summed E-state index contributed by atoms with van der Waals surface area (Å²) in [4.78, 5) is 16.3. The Morgan fingerprint density at radius 3 is 2.75 bits per heavy atom. The van der Waals surface area contributed by atoms with Gasteiger partial charge in [-0.05, 0) is 45.1 Å². The average molecular weight is 272 g/mol. The van der Waals surface area contributed by atoms with E-state index in [1.165, 1.54) is 18.5 Å². The molecule has 0 atom stereocenters. The molecule has 0 spiro atoms. The van der Waals surface area contributed by atoms with E-state index >= 15 is 0 Å². The second kappa shape index (κ2) is 5.25. The fourth-order valence-corrected chi connectivity index (χ4v) is 2.92. The molecule has 1 aromatic heterocycles. The smallest absolute Gasteiger partial charge is 0.272 e. The summed E-state index contributed by atoms with van der Waals surface area (Å²) in [6.45, 7) is 2.12. The quantitative estimate of drug-likeness (QED) is 0.899. The Morgan fingerprint density at radius 2 is 2.05 bits per heavy atom. The number of aromatic nitrogens is 2. The number of hydrogen-bond acceptors (Lipinski definition) is 4. The highest BCUT2D eigenvalue weighted by atomic mass is 16.1. The van der Waals surface area contributed by atoms with Crippen LogP contribution in [0.25, 0.3) is 10.8 Å². The SMILES string of the molecule is CN(C)C1CCN(c2ccc3c(=O)[nH]ncc3c2)CC1. The maximum Gasteiger partial charge on any atom is 0.272 e. The lowest BCUT2D eigenvalue weighted by Crippen LogP contribution is -2.41. The molecular weight excluding hydrogens is 252 g/mol. The minimum atomic E-state index is -0.125. The first-order valence-electron chi connectivity index (χ1n) is 7.04. The third kappa shape index (κ3) is 2.41. The van der Waals surface area contributed by atoms with E-state index in [9.17, 15) is 4.79 Å². The van der Waals surface area contributed by atoms with Crippen molar-refractivity contribution >= 4 is 16.5 Å². The number of benzene rings is 1. The Balaban J connectivity index is 1.83. The molecule has 2 aromatic rings. The molecule has 1 aliphatic rings. The number of nitrogens with zero attached hydrogens (tertiary/aromatic N) is 3. The van der Waals surface area contributed by atoms with E-state index in [1.807, 2.05) is 12.1 Å². The van der Waals surface area contributed by atoms with Gasteiger partial charge in [0.1, 0.15) is 0 Å². The van der Waals surface area contributed by atoms with Crippen LogP contribution >= 0.6 is 0 Å². The highest BCUT2D eigenvalue weighted by molar-refractivity contribution is 5.84. The predicted molar refractivity (Wildman–Crippen MR) is 81.3 cm³/mol. The Kier molecular flexibility index (Phi) is 3.44.